The summed E-state index contributed by atoms with van der Waals surface area (Å²) in [6, 6.07) is 4.97. The van der Waals surface area contributed by atoms with E-state index in [4.69, 9.17) is 5.11 Å². The molecule has 76 valence electrons. The zero-order valence-corrected chi connectivity index (χ0v) is 8.71. The van der Waals surface area contributed by atoms with Crippen LogP contribution >= 0.6 is 0 Å². The average molecular weight is 192 g/mol. The Morgan fingerprint density at radius 1 is 1.21 bits per heavy atom. The number of aromatic hydroxyl groups is 1. The highest BCUT2D eigenvalue weighted by Gasteiger charge is 2.16. The van der Waals surface area contributed by atoms with E-state index in [0.717, 1.165) is 24.0 Å². The van der Waals surface area contributed by atoms with Crippen molar-refractivity contribution in [1.29, 1.82) is 0 Å². The number of fused-ring (bicyclic) bond motifs is 1. The van der Waals surface area contributed by atoms with Crippen LogP contribution in [0.15, 0.2) is 18.2 Å². The molecule has 0 radical (unpaired) electrons. The molecule has 0 aliphatic heterocycles. The third kappa shape index (κ3) is 2.13. The van der Waals surface area contributed by atoms with Gasteiger partial charge in [0.15, 0.2) is 5.78 Å². The molecule has 0 bridgehead atoms. The third-order valence-corrected chi connectivity index (χ3v) is 2.24. The Labute approximate surface area is 84.6 Å². The van der Waals surface area contributed by atoms with Gasteiger partial charge in [-0.25, -0.2) is 0 Å². The molecule has 0 heterocycles. The van der Waals surface area contributed by atoms with Crippen molar-refractivity contribution in [2.45, 2.75) is 33.1 Å². The van der Waals surface area contributed by atoms with Crippen LogP contribution in [0.25, 0.3) is 0 Å². The van der Waals surface area contributed by atoms with Gasteiger partial charge in [-0.1, -0.05) is 13.8 Å². The van der Waals surface area contributed by atoms with E-state index in [9.17, 15) is 4.79 Å². The molecule has 2 rings (SSSR count). The lowest BCUT2D eigenvalue weighted by Crippen LogP contribution is -2.09. The number of phenols is 1. The van der Waals surface area contributed by atoms with Gasteiger partial charge in [0.25, 0.3) is 0 Å². The highest BCUT2D eigenvalue weighted by molar-refractivity contribution is 5.98. The largest absolute Gasteiger partial charge is 0.508 e. The highest BCUT2D eigenvalue weighted by atomic mass is 16.3. The van der Waals surface area contributed by atoms with E-state index in [2.05, 4.69) is 0 Å². The predicted octanol–water partition coefficient (Wildman–Crippen LogP) is 2.94. The fourth-order valence-electron chi connectivity index (χ4n) is 1.63. The summed E-state index contributed by atoms with van der Waals surface area (Å²) in [4.78, 5) is 11.3. The Hall–Kier alpha value is -1.31. The first kappa shape index (κ1) is 10.8. The SMILES string of the molecule is CC.O=C1CCCc2cc(O)ccc21. The van der Waals surface area contributed by atoms with E-state index in [-0.39, 0.29) is 11.5 Å². The van der Waals surface area contributed by atoms with E-state index < -0.39 is 0 Å². The number of Topliss-reactive ketones (excluding diaryl/α,β-unsaturated/α-hetero) is 1. The second-order valence-electron chi connectivity index (χ2n) is 3.12. The molecule has 2 nitrogen and oxygen atoms in total. The quantitative estimate of drug-likeness (QED) is 0.686. The third-order valence-electron chi connectivity index (χ3n) is 2.24. The minimum absolute atomic E-state index is 0.205. The fourth-order valence-corrected chi connectivity index (χ4v) is 1.63. The minimum atomic E-state index is 0.205. The molecule has 0 amide bonds. The maximum Gasteiger partial charge on any atom is 0.163 e. The number of carbonyl (C=O) groups excluding carboxylic acids is 1. The van der Waals surface area contributed by atoms with Crippen molar-refractivity contribution in [2.75, 3.05) is 0 Å². The summed E-state index contributed by atoms with van der Waals surface area (Å²) in [6.07, 6.45) is 2.47. The molecule has 2 heteroatoms. The van der Waals surface area contributed by atoms with Gasteiger partial charge in [0.2, 0.25) is 0 Å². The van der Waals surface area contributed by atoms with Crippen LogP contribution < -0.4 is 0 Å². The summed E-state index contributed by atoms with van der Waals surface area (Å²) < 4.78 is 0. The molecule has 1 aliphatic rings. The molecule has 1 aliphatic carbocycles. The Morgan fingerprint density at radius 2 is 1.93 bits per heavy atom. The molecule has 0 unspecified atom stereocenters. The number of hydrogen-bond acceptors (Lipinski definition) is 2. The van der Waals surface area contributed by atoms with Gasteiger partial charge in [0, 0.05) is 12.0 Å². The van der Waals surface area contributed by atoms with Crippen molar-refractivity contribution in [3.8, 4) is 5.75 Å². The van der Waals surface area contributed by atoms with Crippen LogP contribution in [-0.2, 0) is 6.42 Å². The lowest BCUT2D eigenvalue weighted by Gasteiger charge is -2.13. The molecule has 0 aromatic heterocycles. The zero-order chi connectivity index (χ0) is 10.6. The number of carbonyl (C=O) groups is 1. The number of phenolic OH excluding ortho intramolecular Hbond substituents is 1. The number of rotatable bonds is 0. The number of ketones is 1. The minimum Gasteiger partial charge on any atom is -0.508 e. The van der Waals surface area contributed by atoms with Gasteiger partial charge in [-0.2, -0.15) is 0 Å². The lowest BCUT2D eigenvalue weighted by molar-refractivity contribution is 0.0972. The van der Waals surface area contributed by atoms with Crippen LogP contribution in [0.4, 0.5) is 0 Å². The monoisotopic (exact) mass is 192 g/mol. The molecule has 1 aromatic rings. The molecule has 0 fully saturated rings. The molecular weight excluding hydrogens is 176 g/mol. The van der Waals surface area contributed by atoms with Crippen LogP contribution in [0.5, 0.6) is 5.75 Å². The molecule has 0 saturated carbocycles. The molecule has 0 atom stereocenters. The molecule has 1 N–H and O–H groups in total. The smallest absolute Gasteiger partial charge is 0.163 e. The molecule has 14 heavy (non-hydrogen) atoms. The fraction of sp³-hybridized carbons (Fsp3) is 0.417. The Kier molecular flexibility index (Phi) is 3.69. The zero-order valence-electron chi connectivity index (χ0n) is 8.71. The first-order valence-electron chi connectivity index (χ1n) is 5.12. The summed E-state index contributed by atoms with van der Waals surface area (Å²) in [5.74, 6) is 0.458. The van der Waals surface area contributed by atoms with Crippen molar-refractivity contribution in [2.24, 2.45) is 0 Å². The van der Waals surface area contributed by atoms with Crippen molar-refractivity contribution >= 4 is 5.78 Å². The van der Waals surface area contributed by atoms with Crippen LogP contribution in [0, 0.1) is 0 Å². The number of benzene rings is 1. The standard InChI is InChI=1S/C10H10O2.C2H6/c11-8-4-5-9-7(6-8)2-1-3-10(9)12;1-2/h4-6,11H,1-3H2;1-2H3. The molecule has 1 aromatic carbocycles. The topological polar surface area (TPSA) is 37.3 Å². The lowest BCUT2D eigenvalue weighted by atomic mass is 9.91. The highest BCUT2D eigenvalue weighted by Crippen LogP contribution is 2.24. The van der Waals surface area contributed by atoms with Gasteiger partial charge in [-0.05, 0) is 36.6 Å². The van der Waals surface area contributed by atoms with E-state index in [1.165, 1.54) is 0 Å². The second kappa shape index (κ2) is 4.80. The summed E-state index contributed by atoms with van der Waals surface area (Å²) in [5.41, 5.74) is 1.78. The van der Waals surface area contributed by atoms with Gasteiger partial charge in [0.1, 0.15) is 5.75 Å². The summed E-state index contributed by atoms with van der Waals surface area (Å²) in [7, 11) is 0. The first-order chi connectivity index (χ1) is 6.77. The molecule has 0 saturated heterocycles. The first-order valence-corrected chi connectivity index (χ1v) is 5.12. The Balaban J connectivity index is 0.000000461. The summed E-state index contributed by atoms with van der Waals surface area (Å²) in [5, 5.41) is 9.16. The second-order valence-corrected chi connectivity index (χ2v) is 3.12. The Bertz CT molecular complexity index is 329. The van der Waals surface area contributed by atoms with Gasteiger partial charge in [-0.3, -0.25) is 4.79 Å². The maximum atomic E-state index is 11.3. The van der Waals surface area contributed by atoms with E-state index >= 15 is 0 Å². The van der Waals surface area contributed by atoms with Crippen molar-refractivity contribution in [1.82, 2.24) is 0 Å². The van der Waals surface area contributed by atoms with E-state index in [0.29, 0.717) is 6.42 Å². The average Bonchev–Trinajstić information content (AvgIpc) is 2.21. The Morgan fingerprint density at radius 3 is 2.64 bits per heavy atom. The van der Waals surface area contributed by atoms with Gasteiger partial charge < -0.3 is 5.11 Å². The van der Waals surface area contributed by atoms with Gasteiger partial charge in [-0.15, -0.1) is 0 Å². The number of aryl methyl sites for hydroxylation is 1. The van der Waals surface area contributed by atoms with Crippen molar-refractivity contribution in [3.05, 3.63) is 29.3 Å². The van der Waals surface area contributed by atoms with Gasteiger partial charge >= 0.3 is 0 Å². The van der Waals surface area contributed by atoms with Crippen molar-refractivity contribution in [3.63, 3.8) is 0 Å². The van der Waals surface area contributed by atoms with Crippen LogP contribution in [0.2, 0.25) is 0 Å². The van der Waals surface area contributed by atoms with E-state index in [1.807, 2.05) is 13.8 Å². The van der Waals surface area contributed by atoms with Crippen LogP contribution in [0.1, 0.15) is 42.6 Å². The van der Waals surface area contributed by atoms with E-state index in [1.54, 1.807) is 18.2 Å². The normalized spacial score (nSPS) is 14.0. The molecule has 0 spiro atoms. The van der Waals surface area contributed by atoms with Gasteiger partial charge in [0.05, 0.1) is 0 Å². The molecular formula is C12H16O2. The maximum absolute atomic E-state index is 11.3. The number of hydrogen-bond donors (Lipinski definition) is 1. The summed E-state index contributed by atoms with van der Waals surface area (Å²) in [6.45, 7) is 4.00. The van der Waals surface area contributed by atoms with Crippen LogP contribution in [-0.4, -0.2) is 10.9 Å². The van der Waals surface area contributed by atoms with Crippen LogP contribution in [0.3, 0.4) is 0 Å². The predicted molar refractivity (Wildman–Crippen MR) is 56.7 cm³/mol. The van der Waals surface area contributed by atoms with Crippen molar-refractivity contribution < 1.29 is 9.90 Å². The summed E-state index contributed by atoms with van der Waals surface area (Å²) >= 11 is 0.